The summed E-state index contributed by atoms with van der Waals surface area (Å²) in [5.74, 6) is -0.696. The Morgan fingerprint density at radius 2 is 2.08 bits per heavy atom. The molecule has 1 aromatic heterocycles. The summed E-state index contributed by atoms with van der Waals surface area (Å²) in [6.07, 6.45) is 3.54. The van der Waals surface area contributed by atoms with Crippen LogP contribution in [0.3, 0.4) is 0 Å². The number of carbonyl (C=O) groups excluding carboxylic acids is 1. The first-order valence-electron chi connectivity index (χ1n) is 7.59. The van der Waals surface area contributed by atoms with Crippen LogP contribution >= 0.6 is 11.6 Å². The van der Waals surface area contributed by atoms with Crippen molar-refractivity contribution in [2.24, 2.45) is 0 Å². The van der Waals surface area contributed by atoms with Crippen molar-refractivity contribution in [3.63, 3.8) is 0 Å². The number of ether oxygens (including phenoxy) is 1. The van der Waals surface area contributed by atoms with Gasteiger partial charge < -0.3 is 10.1 Å². The van der Waals surface area contributed by atoms with Crippen LogP contribution in [0.5, 0.6) is 5.75 Å². The third-order valence-electron chi connectivity index (χ3n) is 3.43. The van der Waals surface area contributed by atoms with E-state index in [0.29, 0.717) is 24.6 Å². The van der Waals surface area contributed by atoms with Crippen molar-refractivity contribution in [1.82, 2.24) is 9.78 Å². The Hall–Kier alpha value is -2.86. The average Bonchev–Trinajstić information content (AvgIpc) is 3.08. The first-order chi connectivity index (χ1) is 12.1. The Morgan fingerprint density at radius 1 is 1.24 bits per heavy atom. The largest absolute Gasteiger partial charge is 0.492 e. The topological polar surface area (TPSA) is 56.1 Å². The van der Waals surface area contributed by atoms with E-state index in [1.165, 1.54) is 18.2 Å². The highest BCUT2D eigenvalue weighted by Crippen LogP contribution is 2.22. The zero-order chi connectivity index (χ0) is 17.6. The van der Waals surface area contributed by atoms with Crippen molar-refractivity contribution in [3.05, 3.63) is 77.3 Å². The molecule has 0 saturated carbocycles. The highest BCUT2D eigenvalue weighted by molar-refractivity contribution is 6.34. The lowest BCUT2D eigenvalue weighted by molar-refractivity contribution is 0.102. The third-order valence-corrected chi connectivity index (χ3v) is 3.75. The number of rotatable bonds is 6. The molecule has 7 heteroatoms. The van der Waals surface area contributed by atoms with Gasteiger partial charge >= 0.3 is 0 Å². The van der Waals surface area contributed by atoms with Crippen molar-refractivity contribution < 1.29 is 13.9 Å². The van der Waals surface area contributed by atoms with Gasteiger partial charge in [-0.3, -0.25) is 9.48 Å². The fourth-order valence-electron chi connectivity index (χ4n) is 2.26. The molecule has 0 saturated heterocycles. The number of hydrogen-bond donors (Lipinski definition) is 1. The normalized spacial score (nSPS) is 10.5. The Kier molecular flexibility index (Phi) is 5.30. The van der Waals surface area contributed by atoms with Gasteiger partial charge in [0, 0.05) is 24.1 Å². The molecule has 25 heavy (non-hydrogen) atoms. The summed E-state index contributed by atoms with van der Waals surface area (Å²) in [6.45, 7) is 1.03. The first kappa shape index (κ1) is 17.0. The van der Waals surface area contributed by atoms with Crippen molar-refractivity contribution in [2.45, 2.75) is 6.54 Å². The minimum atomic E-state index is -0.670. The van der Waals surface area contributed by atoms with E-state index in [1.54, 1.807) is 35.1 Å². The van der Waals surface area contributed by atoms with E-state index < -0.39 is 11.7 Å². The second kappa shape index (κ2) is 7.81. The summed E-state index contributed by atoms with van der Waals surface area (Å²) in [7, 11) is 0. The van der Waals surface area contributed by atoms with Crippen LogP contribution in [-0.2, 0) is 6.54 Å². The van der Waals surface area contributed by atoms with E-state index >= 15 is 0 Å². The number of aromatic nitrogens is 2. The quantitative estimate of drug-likeness (QED) is 0.723. The minimum Gasteiger partial charge on any atom is -0.492 e. The fourth-order valence-corrected chi connectivity index (χ4v) is 2.51. The van der Waals surface area contributed by atoms with Crippen LogP contribution < -0.4 is 10.1 Å². The minimum absolute atomic E-state index is 0.0594. The van der Waals surface area contributed by atoms with Crippen molar-refractivity contribution >= 4 is 23.2 Å². The lowest BCUT2D eigenvalue weighted by Crippen LogP contribution is -2.14. The van der Waals surface area contributed by atoms with Crippen LogP contribution in [0.4, 0.5) is 10.1 Å². The molecule has 0 unspecified atom stereocenters. The first-order valence-corrected chi connectivity index (χ1v) is 7.97. The number of carbonyl (C=O) groups is 1. The van der Waals surface area contributed by atoms with Crippen LogP contribution in [0.1, 0.15) is 10.4 Å². The summed E-state index contributed by atoms with van der Waals surface area (Å²) >= 11 is 5.91. The van der Waals surface area contributed by atoms with Crippen LogP contribution in [0.2, 0.25) is 5.02 Å². The van der Waals surface area contributed by atoms with Gasteiger partial charge in [-0.1, -0.05) is 23.7 Å². The molecule has 0 aliphatic heterocycles. The maximum Gasteiger partial charge on any atom is 0.260 e. The zero-order valence-electron chi connectivity index (χ0n) is 13.2. The lowest BCUT2D eigenvalue weighted by atomic mass is 10.2. The van der Waals surface area contributed by atoms with Crippen molar-refractivity contribution in [1.29, 1.82) is 0 Å². The Morgan fingerprint density at radius 3 is 2.84 bits per heavy atom. The van der Waals surface area contributed by atoms with Gasteiger partial charge in [0.05, 0.1) is 17.1 Å². The molecule has 0 bridgehead atoms. The second-order valence-corrected chi connectivity index (χ2v) is 5.60. The van der Waals surface area contributed by atoms with E-state index in [-0.39, 0.29) is 10.6 Å². The van der Waals surface area contributed by atoms with Crippen LogP contribution in [0, 0.1) is 5.82 Å². The number of benzene rings is 2. The van der Waals surface area contributed by atoms with E-state index in [1.807, 2.05) is 12.3 Å². The maximum absolute atomic E-state index is 13.8. The van der Waals surface area contributed by atoms with E-state index in [2.05, 4.69) is 10.4 Å². The lowest BCUT2D eigenvalue weighted by Gasteiger charge is -2.10. The van der Waals surface area contributed by atoms with Gasteiger partial charge in [0.25, 0.3) is 5.91 Å². The molecular weight excluding hydrogens is 345 g/mol. The third kappa shape index (κ3) is 4.36. The molecular formula is C18H15ClFN3O2. The predicted molar refractivity (Wildman–Crippen MR) is 93.5 cm³/mol. The standard InChI is InChI=1S/C18H15ClFN3O2/c19-15-6-2-7-16(20)17(15)18(24)22-13-4-1-5-14(12-13)25-11-10-23-9-3-8-21-23/h1-9,12H,10-11H2,(H,22,24). The highest BCUT2D eigenvalue weighted by atomic mass is 35.5. The van der Waals surface area contributed by atoms with Gasteiger partial charge in [0.1, 0.15) is 18.2 Å². The molecule has 3 aromatic rings. The maximum atomic E-state index is 13.8. The van der Waals surface area contributed by atoms with Gasteiger partial charge in [0.2, 0.25) is 0 Å². The van der Waals surface area contributed by atoms with Gasteiger partial charge in [-0.05, 0) is 30.3 Å². The number of halogens is 2. The van der Waals surface area contributed by atoms with Crippen molar-refractivity contribution in [2.75, 3.05) is 11.9 Å². The summed E-state index contributed by atoms with van der Waals surface area (Å²) in [5.41, 5.74) is 0.301. The molecule has 0 fully saturated rings. The second-order valence-electron chi connectivity index (χ2n) is 5.20. The average molecular weight is 360 g/mol. The Balaban J connectivity index is 1.64. The molecule has 5 nitrogen and oxygen atoms in total. The SMILES string of the molecule is O=C(Nc1cccc(OCCn2cccn2)c1)c1c(F)cccc1Cl. The molecule has 0 aliphatic rings. The number of hydrogen-bond acceptors (Lipinski definition) is 3. The predicted octanol–water partition coefficient (Wildman–Crippen LogP) is 4.01. The smallest absolute Gasteiger partial charge is 0.260 e. The Labute approximate surface area is 149 Å². The van der Waals surface area contributed by atoms with Gasteiger partial charge in [0.15, 0.2) is 0 Å². The van der Waals surface area contributed by atoms with Gasteiger partial charge in [-0.25, -0.2) is 4.39 Å². The number of anilines is 1. The molecule has 1 N–H and O–H groups in total. The number of nitrogens with one attached hydrogen (secondary N) is 1. The summed E-state index contributed by atoms with van der Waals surface area (Å²) in [6, 6.07) is 12.8. The summed E-state index contributed by atoms with van der Waals surface area (Å²) < 4.78 is 21.2. The molecule has 1 heterocycles. The van der Waals surface area contributed by atoms with Crippen LogP contribution in [-0.4, -0.2) is 22.3 Å². The van der Waals surface area contributed by atoms with Crippen LogP contribution in [0.25, 0.3) is 0 Å². The molecule has 0 radical (unpaired) electrons. The summed E-state index contributed by atoms with van der Waals surface area (Å²) in [4.78, 5) is 12.2. The van der Waals surface area contributed by atoms with Gasteiger partial charge in [-0.15, -0.1) is 0 Å². The van der Waals surface area contributed by atoms with Crippen LogP contribution in [0.15, 0.2) is 60.9 Å². The van der Waals surface area contributed by atoms with Gasteiger partial charge in [-0.2, -0.15) is 5.10 Å². The van der Waals surface area contributed by atoms with E-state index in [4.69, 9.17) is 16.3 Å². The molecule has 128 valence electrons. The number of amides is 1. The Bertz CT molecular complexity index is 848. The molecule has 1 amide bonds. The highest BCUT2D eigenvalue weighted by Gasteiger charge is 2.16. The van der Waals surface area contributed by atoms with E-state index in [9.17, 15) is 9.18 Å². The molecule has 2 aromatic carbocycles. The van der Waals surface area contributed by atoms with Crippen molar-refractivity contribution in [3.8, 4) is 5.75 Å². The zero-order valence-corrected chi connectivity index (χ0v) is 13.9. The molecule has 3 rings (SSSR count). The summed E-state index contributed by atoms with van der Waals surface area (Å²) in [5, 5.41) is 6.77. The molecule has 0 spiro atoms. The molecule has 0 atom stereocenters. The number of nitrogens with zero attached hydrogens (tertiary/aromatic N) is 2. The molecule has 0 aliphatic carbocycles. The monoisotopic (exact) mass is 359 g/mol. The van der Waals surface area contributed by atoms with E-state index in [0.717, 1.165) is 0 Å². The fraction of sp³-hybridized carbons (Fsp3) is 0.111.